The van der Waals surface area contributed by atoms with Crippen LogP contribution in [0.5, 0.6) is 5.88 Å². The highest BCUT2D eigenvalue weighted by atomic mass is 32.2. The minimum Gasteiger partial charge on any atom is -0.477 e. The Hall–Kier alpha value is -4.09. The van der Waals surface area contributed by atoms with Crippen molar-refractivity contribution in [3.05, 3.63) is 83.6 Å². The van der Waals surface area contributed by atoms with Crippen molar-refractivity contribution in [3.63, 3.8) is 0 Å². The summed E-state index contributed by atoms with van der Waals surface area (Å²) >= 11 is 1.13. The summed E-state index contributed by atoms with van der Waals surface area (Å²) in [4.78, 5) is 33.5. The molecule has 0 aliphatic rings. The van der Waals surface area contributed by atoms with Gasteiger partial charge >= 0.3 is 5.97 Å². The highest BCUT2D eigenvalue weighted by Gasteiger charge is 2.21. The molecule has 1 atom stereocenters. The van der Waals surface area contributed by atoms with E-state index in [4.69, 9.17) is 9.72 Å². The summed E-state index contributed by atoms with van der Waals surface area (Å²) in [6, 6.07) is 14.6. The molecule has 0 saturated carbocycles. The van der Waals surface area contributed by atoms with Crippen LogP contribution in [0.15, 0.2) is 66.0 Å². The van der Waals surface area contributed by atoms with Gasteiger partial charge in [0.1, 0.15) is 23.2 Å². The third-order valence-corrected chi connectivity index (χ3v) is 6.81. The molecule has 3 aromatic heterocycles. The molecule has 0 bridgehead atoms. The fraction of sp³-hybridized carbons (Fsp3) is 0.333. The van der Waals surface area contributed by atoms with E-state index in [1.807, 2.05) is 38.1 Å². The highest BCUT2D eigenvalue weighted by molar-refractivity contribution is 8.00. The molecule has 1 aromatic carbocycles. The van der Waals surface area contributed by atoms with Crippen LogP contribution < -0.4 is 14.8 Å². The van der Waals surface area contributed by atoms with Crippen LogP contribution in [0.1, 0.15) is 54.6 Å². The number of aryl methyl sites for hydroxylation is 2. The van der Waals surface area contributed by atoms with Gasteiger partial charge in [0, 0.05) is 42.0 Å². The average molecular weight is 574 g/mol. The van der Waals surface area contributed by atoms with Crippen molar-refractivity contribution in [2.45, 2.75) is 58.7 Å². The Kier molecular flexibility index (Phi) is 9.85. The second-order valence-corrected chi connectivity index (χ2v) is 11.7. The van der Waals surface area contributed by atoms with Crippen LogP contribution >= 0.6 is 11.9 Å². The molecule has 4 rings (SSSR count). The second-order valence-electron chi connectivity index (χ2n) is 10.9. The summed E-state index contributed by atoms with van der Waals surface area (Å²) in [6.45, 7) is 11.6. The molecule has 0 saturated heterocycles. The predicted octanol–water partition coefficient (Wildman–Crippen LogP) is 5.74. The largest absolute Gasteiger partial charge is 0.477 e. The van der Waals surface area contributed by atoms with Crippen LogP contribution in [0, 0.1) is 19.3 Å². The number of carbonyl (C=O) groups is 1. The Morgan fingerprint density at radius 1 is 1.00 bits per heavy atom. The molecule has 4 aromatic rings. The van der Waals surface area contributed by atoms with Crippen LogP contribution in [-0.4, -0.2) is 48.6 Å². The van der Waals surface area contributed by atoms with Crippen LogP contribution in [0.2, 0.25) is 0 Å². The van der Waals surface area contributed by atoms with Crippen LogP contribution in [0.3, 0.4) is 0 Å². The van der Waals surface area contributed by atoms with Gasteiger partial charge in [-0.25, -0.2) is 24.7 Å². The third kappa shape index (κ3) is 8.95. The zero-order chi connectivity index (χ0) is 29.4. The van der Waals surface area contributed by atoms with Gasteiger partial charge in [-0.2, -0.15) is 4.98 Å². The van der Waals surface area contributed by atoms with Gasteiger partial charge in [-0.1, -0.05) is 45.0 Å². The molecular formula is C30H35N7O3S. The Morgan fingerprint density at radius 3 is 2.39 bits per heavy atom. The lowest BCUT2D eigenvalue weighted by molar-refractivity contribution is 0.0689. The maximum absolute atomic E-state index is 11.3. The number of anilines is 1. The number of nitrogens with zero attached hydrogens (tertiary/aromatic N) is 5. The Labute approximate surface area is 244 Å². The number of nitrogens with one attached hydrogen (secondary N) is 2. The predicted molar refractivity (Wildman–Crippen MR) is 160 cm³/mol. The van der Waals surface area contributed by atoms with Gasteiger partial charge in [-0.05, 0) is 55.0 Å². The first-order valence-electron chi connectivity index (χ1n) is 13.3. The van der Waals surface area contributed by atoms with Gasteiger partial charge in [-0.3, -0.25) is 4.72 Å². The van der Waals surface area contributed by atoms with E-state index in [1.54, 1.807) is 30.6 Å². The van der Waals surface area contributed by atoms with Gasteiger partial charge in [0.25, 0.3) is 0 Å². The summed E-state index contributed by atoms with van der Waals surface area (Å²) in [5.74, 6) is 0.374. The fourth-order valence-corrected chi connectivity index (χ4v) is 4.93. The number of aromatic carboxylic acids is 1. The van der Waals surface area contributed by atoms with Crippen molar-refractivity contribution < 1.29 is 14.6 Å². The summed E-state index contributed by atoms with van der Waals surface area (Å²) in [5, 5.41) is 13.3. The number of pyridine rings is 1. The first kappa shape index (κ1) is 29.9. The molecule has 0 radical (unpaired) electrons. The summed E-state index contributed by atoms with van der Waals surface area (Å²) in [6.07, 6.45) is 4.33. The molecule has 3 N–H and O–H groups in total. The lowest BCUT2D eigenvalue weighted by atomic mass is 9.88. The summed E-state index contributed by atoms with van der Waals surface area (Å²) in [7, 11) is 0. The van der Waals surface area contributed by atoms with Crippen molar-refractivity contribution in [1.29, 1.82) is 0 Å². The van der Waals surface area contributed by atoms with E-state index in [2.05, 4.69) is 50.7 Å². The van der Waals surface area contributed by atoms with E-state index in [-0.39, 0.29) is 17.2 Å². The van der Waals surface area contributed by atoms with Gasteiger partial charge in [0.15, 0.2) is 0 Å². The third-order valence-electron chi connectivity index (χ3n) is 6.09. The SMILES string of the molecule is Cc1cccc(C)c1-c1cc(OCC(CC(C)(C)C)NCc2ncccn2)nc(NSc2cccc(C(=O)O)n2)n1. The van der Waals surface area contributed by atoms with Crippen LogP contribution in [-0.2, 0) is 6.54 Å². The number of carboxylic acids is 1. The van der Waals surface area contributed by atoms with Gasteiger partial charge in [0.05, 0.1) is 12.2 Å². The van der Waals surface area contributed by atoms with Gasteiger partial charge < -0.3 is 15.2 Å². The topological polar surface area (TPSA) is 135 Å². The molecule has 3 heterocycles. The molecular weight excluding hydrogens is 538 g/mol. The second kappa shape index (κ2) is 13.5. The smallest absolute Gasteiger partial charge is 0.354 e. The Morgan fingerprint density at radius 2 is 1.71 bits per heavy atom. The maximum Gasteiger partial charge on any atom is 0.354 e. The number of hydrogen-bond acceptors (Lipinski definition) is 10. The van der Waals surface area contributed by atoms with Crippen LogP contribution in [0.4, 0.5) is 5.95 Å². The van der Waals surface area contributed by atoms with Crippen molar-refractivity contribution in [1.82, 2.24) is 30.2 Å². The number of aromatic nitrogens is 5. The fourth-order valence-electron chi connectivity index (χ4n) is 4.35. The van der Waals surface area contributed by atoms with E-state index >= 15 is 0 Å². The molecule has 0 aliphatic heterocycles. The number of carboxylic acid groups (broad SMARTS) is 1. The van der Waals surface area contributed by atoms with Crippen molar-refractivity contribution >= 4 is 23.9 Å². The van der Waals surface area contributed by atoms with E-state index < -0.39 is 5.97 Å². The lowest BCUT2D eigenvalue weighted by Crippen LogP contribution is -2.38. The quantitative estimate of drug-likeness (QED) is 0.179. The van der Waals surface area contributed by atoms with E-state index in [0.717, 1.165) is 46.6 Å². The number of ether oxygens (including phenoxy) is 1. The minimum atomic E-state index is -1.09. The zero-order valence-corrected chi connectivity index (χ0v) is 24.7. The molecule has 0 aliphatic carbocycles. The number of benzene rings is 1. The normalized spacial score (nSPS) is 12.1. The Bertz CT molecular complexity index is 1460. The molecule has 11 heteroatoms. The van der Waals surface area contributed by atoms with Gasteiger partial charge in [0.2, 0.25) is 11.8 Å². The molecule has 0 amide bonds. The first-order chi connectivity index (χ1) is 19.6. The zero-order valence-electron chi connectivity index (χ0n) is 23.9. The van der Waals surface area contributed by atoms with E-state index in [1.165, 1.54) is 6.07 Å². The van der Waals surface area contributed by atoms with Crippen molar-refractivity contribution in [2.24, 2.45) is 5.41 Å². The molecule has 0 spiro atoms. The van der Waals surface area contributed by atoms with Gasteiger partial charge in [-0.15, -0.1) is 0 Å². The summed E-state index contributed by atoms with van der Waals surface area (Å²) < 4.78 is 9.41. The number of rotatable bonds is 12. The Balaban J connectivity index is 1.58. The van der Waals surface area contributed by atoms with Crippen molar-refractivity contribution in [2.75, 3.05) is 11.3 Å². The molecule has 0 fully saturated rings. The monoisotopic (exact) mass is 573 g/mol. The minimum absolute atomic E-state index is 0.0196. The highest BCUT2D eigenvalue weighted by Crippen LogP contribution is 2.30. The lowest BCUT2D eigenvalue weighted by Gasteiger charge is -2.26. The van der Waals surface area contributed by atoms with E-state index in [0.29, 0.717) is 30.0 Å². The van der Waals surface area contributed by atoms with Crippen LogP contribution in [0.25, 0.3) is 11.3 Å². The molecule has 41 heavy (non-hydrogen) atoms. The molecule has 214 valence electrons. The average Bonchev–Trinajstić information content (AvgIpc) is 2.93. The summed E-state index contributed by atoms with van der Waals surface area (Å²) in [5.41, 5.74) is 3.92. The maximum atomic E-state index is 11.3. The number of hydrogen-bond donors (Lipinski definition) is 3. The van der Waals surface area contributed by atoms with Crippen molar-refractivity contribution in [3.8, 4) is 17.1 Å². The first-order valence-corrected chi connectivity index (χ1v) is 14.1. The molecule has 10 nitrogen and oxygen atoms in total. The standard InChI is InChI=1S/C30H35N7O3S/c1-19-9-6-10-20(2)27(19)23-15-25(36-29(35-23)37-41-26-12-7-11-22(34-26)28(38)39)40-18-21(16-30(3,4)5)33-17-24-31-13-8-14-32-24/h6-15,21,33H,16-18H2,1-5H3,(H,38,39)(H,35,36,37). The van der Waals surface area contributed by atoms with E-state index in [9.17, 15) is 9.90 Å². The molecule has 1 unspecified atom stereocenters.